The molecule has 0 radical (unpaired) electrons. The first-order valence-corrected chi connectivity index (χ1v) is 26.7. The number of fused-ring (bicyclic) bond motifs is 9. The Labute approximate surface area is 452 Å². The molecule has 0 amide bonds. The molecule has 0 saturated heterocycles. The van der Waals surface area contributed by atoms with Crippen molar-refractivity contribution in [2.75, 3.05) is 9.80 Å². The van der Waals surface area contributed by atoms with Gasteiger partial charge in [0, 0.05) is 56.3 Å². The zero-order chi connectivity index (χ0) is 51.5. The van der Waals surface area contributed by atoms with Crippen LogP contribution in [0.1, 0.15) is 0 Å². The molecule has 0 spiro atoms. The van der Waals surface area contributed by atoms with Gasteiger partial charge in [0.2, 0.25) is 0 Å². The van der Waals surface area contributed by atoms with Crippen LogP contribution in [0, 0.1) is 0 Å². The molecule has 0 N–H and O–H groups in total. The van der Waals surface area contributed by atoms with Gasteiger partial charge in [-0.05, 0) is 176 Å². The molecule has 0 aliphatic rings. The van der Waals surface area contributed by atoms with E-state index in [4.69, 9.17) is 0 Å². The van der Waals surface area contributed by atoms with Gasteiger partial charge in [-0.3, -0.25) is 0 Å². The van der Waals surface area contributed by atoms with Crippen molar-refractivity contribution in [2.24, 2.45) is 0 Å². The van der Waals surface area contributed by atoms with Crippen LogP contribution in [0.4, 0.5) is 34.1 Å². The zero-order valence-corrected chi connectivity index (χ0v) is 42.7. The van der Waals surface area contributed by atoms with Crippen molar-refractivity contribution in [3.8, 4) is 33.6 Å². The summed E-state index contributed by atoms with van der Waals surface area (Å²) in [6, 6.07) is 110. The topological polar surface area (TPSA) is 16.3 Å². The highest BCUT2D eigenvalue weighted by Gasteiger charge is 2.25. The Kier molecular flexibility index (Phi) is 10.8. The molecule has 2 aromatic heterocycles. The van der Waals surface area contributed by atoms with Gasteiger partial charge >= 0.3 is 0 Å². The van der Waals surface area contributed by atoms with Crippen molar-refractivity contribution in [1.82, 2.24) is 9.13 Å². The maximum Gasteiger partial charge on any atom is 0.0804 e. The zero-order valence-electron chi connectivity index (χ0n) is 42.7. The van der Waals surface area contributed by atoms with Crippen LogP contribution >= 0.6 is 0 Å². The predicted molar refractivity (Wildman–Crippen MR) is 330 cm³/mol. The molecule has 0 fully saturated rings. The van der Waals surface area contributed by atoms with Gasteiger partial charge in [0.25, 0.3) is 0 Å². The normalized spacial score (nSPS) is 11.6. The molecule has 0 aliphatic carbocycles. The summed E-state index contributed by atoms with van der Waals surface area (Å²) in [6.45, 7) is 0. The van der Waals surface area contributed by atoms with Crippen LogP contribution in [-0.4, -0.2) is 9.13 Å². The fourth-order valence-electron chi connectivity index (χ4n) is 12.0. The summed E-state index contributed by atoms with van der Waals surface area (Å²) in [5.41, 5.74) is 18.0. The summed E-state index contributed by atoms with van der Waals surface area (Å²) in [5, 5.41) is 9.75. The lowest BCUT2D eigenvalue weighted by Crippen LogP contribution is -2.09. The lowest BCUT2D eigenvalue weighted by molar-refractivity contribution is 1.18. The van der Waals surface area contributed by atoms with E-state index < -0.39 is 0 Å². The third-order valence-corrected chi connectivity index (χ3v) is 15.6. The number of para-hydroxylation sites is 4. The van der Waals surface area contributed by atoms with Crippen molar-refractivity contribution in [2.45, 2.75) is 0 Å². The lowest BCUT2D eigenvalue weighted by atomic mass is 9.93. The van der Waals surface area contributed by atoms with E-state index in [2.05, 4.69) is 322 Å². The fourth-order valence-corrected chi connectivity index (χ4v) is 12.0. The Morgan fingerprint density at radius 3 is 1.26 bits per heavy atom. The molecule has 0 unspecified atom stereocenters. The Morgan fingerprint density at radius 2 is 0.641 bits per heavy atom. The minimum Gasteiger partial charge on any atom is -0.311 e. The Bertz CT molecular complexity index is 4620. The highest BCUT2D eigenvalue weighted by Crippen LogP contribution is 2.46. The number of aromatic nitrogens is 2. The molecule has 15 rings (SSSR count). The molecule has 0 saturated carbocycles. The molecule has 13 aromatic carbocycles. The highest BCUT2D eigenvalue weighted by atomic mass is 15.2. The van der Waals surface area contributed by atoms with Gasteiger partial charge in [-0.25, -0.2) is 0 Å². The van der Waals surface area contributed by atoms with Crippen molar-refractivity contribution in [3.05, 3.63) is 303 Å². The summed E-state index contributed by atoms with van der Waals surface area (Å²) in [7, 11) is 0. The maximum absolute atomic E-state index is 2.51. The van der Waals surface area contributed by atoms with Crippen LogP contribution in [0.15, 0.2) is 303 Å². The van der Waals surface area contributed by atoms with E-state index in [1.165, 1.54) is 48.8 Å². The first kappa shape index (κ1) is 45.0. The van der Waals surface area contributed by atoms with Crippen LogP contribution in [0.5, 0.6) is 0 Å². The molecule has 78 heavy (non-hydrogen) atoms. The van der Waals surface area contributed by atoms with Crippen LogP contribution in [0.3, 0.4) is 0 Å². The number of benzene rings is 13. The molecule has 0 atom stereocenters. The Morgan fingerprint density at radius 1 is 0.218 bits per heavy atom. The number of nitrogens with zero attached hydrogens (tertiary/aromatic N) is 4. The summed E-state index contributed by atoms with van der Waals surface area (Å²) in [6.07, 6.45) is 0. The van der Waals surface area contributed by atoms with Gasteiger partial charge in [-0.15, -0.1) is 0 Å². The van der Waals surface area contributed by atoms with E-state index in [1.54, 1.807) is 0 Å². The van der Waals surface area contributed by atoms with E-state index in [0.29, 0.717) is 0 Å². The highest BCUT2D eigenvalue weighted by molar-refractivity contribution is 6.21. The SMILES string of the molecule is c1ccc(N(c2ccccc2)c2ccc(-c3ccc4c(c3)c3c(c5cc(N(c6ccccc6)c6ccccc6)ccc5n3-c3ccc(-c5cc6ccccc6c6ccccc56)cc3)n4-c3ccc4ccccc4c3)cc2)cc1. The summed E-state index contributed by atoms with van der Waals surface area (Å²) >= 11 is 0. The maximum atomic E-state index is 2.51. The summed E-state index contributed by atoms with van der Waals surface area (Å²) in [4.78, 5) is 4.68. The third kappa shape index (κ3) is 7.61. The minimum atomic E-state index is 1.08. The van der Waals surface area contributed by atoms with Gasteiger partial charge in [0.15, 0.2) is 0 Å². The monoisotopic (exact) mass is 994 g/mol. The molecular formula is C74H50N4. The molecule has 15 aromatic rings. The molecule has 0 aliphatic heterocycles. The molecule has 4 nitrogen and oxygen atoms in total. The number of anilines is 6. The number of hydrogen-bond acceptors (Lipinski definition) is 2. The van der Waals surface area contributed by atoms with Crippen LogP contribution in [0.25, 0.3) is 98.8 Å². The lowest BCUT2D eigenvalue weighted by Gasteiger charge is -2.25. The first-order valence-electron chi connectivity index (χ1n) is 26.7. The van der Waals surface area contributed by atoms with Gasteiger partial charge in [-0.2, -0.15) is 0 Å². The summed E-state index contributed by atoms with van der Waals surface area (Å²) in [5.74, 6) is 0. The second-order valence-corrected chi connectivity index (χ2v) is 20.1. The van der Waals surface area contributed by atoms with Gasteiger partial charge in [0.05, 0.1) is 22.1 Å². The van der Waals surface area contributed by atoms with Crippen LogP contribution in [-0.2, 0) is 0 Å². The average Bonchev–Trinajstić information content (AvgIpc) is 3.77. The van der Waals surface area contributed by atoms with Gasteiger partial charge in [-0.1, -0.05) is 182 Å². The molecule has 0 bridgehead atoms. The van der Waals surface area contributed by atoms with Crippen molar-refractivity contribution in [1.29, 1.82) is 0 Å². The third-order valence-electron chi connectivity index (χ3n) is 15.6. The molecule has 2 heterocycles. The van der Waals surface area contributed by atoms with Crippen molar-refractivity contribution < 1.29 is 0 Å². The van der Waals surface area contributed by atoms with Gasteiger partial charge in [0.1, 0.15) is 0 Å². The van der Waals surface area contributed by atoms with Crippen LogP contribution < -0.4 is 9.80 Å². The fraction of sp³-hybridized carbons (Fsp3) is 0. The van der Waals surface area contributed by atoms with E-state index >= 15 is 0 Å². The van der Waals surface area contributed by atoms with E-state index in [-0.39, 0.29) is 0 Å². The molecule has 4 heteroatoms. The second-order valence-electron chi connectivity index (χ2n) is 20.1. The first-order chi connectivity index (χ1) is 38.7. The smallest absolute Gasteiger partial charge is 0.0804 e. The van der Waals surface area contributed by atoms with E-state index in [1.807, 2.05) is 0 Å². The van der Waals surface area contributed by atoms with E-state index in [9.17, 15) is 0 Å². The Hall–Kier alpha value is -10.4. The number of hydrogen-bond donors (Lipinski definition) is 0. The standard InChI is InChI=1S/C74H50N4/c1-5-22-57(23-6-1)75(58-24-7-2-8-25-58)61-39-33-52(34-40-61)55-38-45-71-69(48-55)73-74(78(71)63-43-35-51-19-13-14-20-54(51)47-63)70-50-64(76(59-26-9-3-10-27-59)60-28-11-4-12-29-60)44-46-72(70)77(73)62-41-36-53(37-42-62)68-49-56-21-15-16-30-65(56)66-31-17-18-32-67(66)68/h1-50H. The average molecular weight is 995 g/mol. The Balaban J connectivity index is 0.980. The largest absolute Gasteiger partial charge is 0.311 e. The molecule has 366 valence electrons. The van der Waals surface area contributed by atoms with Gasteiger partial charge < -0.3 is 18.9 Å². The number of rotatable bonds is 10. The van der Waals surface area contributed by atoms with Crippen LogP contribution in [0.2, 0.25) is 0 Å². The second kappa shape index (κ2) is 18.7. The van der Waals surface area contributed by atoms with E-state index in [0.717, 1.165) is 84.1 Å². The quantitative estimate of drug-likeness (QED) is 0.127. The van der Waals surface area contributed by atoms with Crippen molar-refractivity contribution in [3.63, 3.8) is 0 Å². The minimum absolute atomic E-state index is 1.08. The van der Waals surface area contributed by atoms with Crippen molar-refractivity contribution >= 4 is 99.3 Å². The molecular weight excluding hydrogens is 945 g/mol. The predicted octanol–water partition coefficient (Wildman–Crippen LogP) is 20.5. The summed E-state index contributed by atoms with van der Waals surface area (Å²) < 4.78 is 5.02.